The highest BCUT2D eigenvalue weighted by Gasteiger charge is 2.26. The second-order valence-corrected chi connectivity index (χ2v) is 9.32. The van der Waals surface area contributed by atoms with Crippen LogP contribution in [-0.2, 0) is 16.4 Å². The summed E-state index contributed by atoms with van der Waals surface area (Å²) in [6, 6.07) is 17.5. The fourth-order valence-corrected chi connectivity index (χ4v) is 5.13. The van der Waals surface area contributed by atoms with Crippen LogP contribution in [0.4, 0.5) is 0 Å². The van der Waals surface area contributed by atoms with Crippen LogP contribution in [0.5, 0.6) is 0 Å². The van der Waals surface area contributed by atoms with Gasteiger partial charge in [-0.1, -0.05) is 30.3 Å². The lowest BCUT2D eigenvalue weighted by atomic mass is 9.91. The van der Waals surface area contributed by atoms with Crippen LogP contribution in [0.2, 0.25) is 0 Å². The second kappa shape index (κ2) is 7.16. The second-order valence-electron chi connectivity index (χ2n) is 7.34. The molecule has 0 N–H and O–H groups in total. The van der Waals surface area contributed by atoms with E-state index in [4.69, 9.17) is 0 Å². The minimum atomic E-state index is -3.45. The molecule has 0 bridgehead atoms. The molecule has 0 saturated heterocycles. The van der Waals surface area contributed by atoms with Crippen molar-refractivity contribution in [2.75, 3.05) is 6.26 Å². The van der Waals surface area contributed by atoms with E-state index >= 15 is 0 Å². The van der Waals surface area contributed by atoms with E-state index < -0.39 is 9.84 Å². The Hall–Kier alpha value is -2.92. The van der Waals surface area contributed by atoms with E-state index in [1.807, 2.05) is 43.3 Å². The van der Waals surface area contributed by atoms with Gasteiger partial charge in [-0.2, -0.15) is 0 Å². The van der Waals surface area contributed by atoms with E-state index in [9.17, 15) is 8.42 Å². The SMILES string of the molecule is CCn1c(C)c(-c2c(S(C)(=O)=O)ccc(C)c2-c2ccccn2)c2ccccc21. The van der Waals surface area contributed by atoms with Crippen molar-refractivity contribution in [1.29, 1.82) is 0 Å². The van der Waals surface area contributed by atoms with Gasteiger partial charge < -0.3 is 4.57 Å². The van der Waals surface area contributed by atoms with Gasteiger partial charge in [0.25, 0.3) is 0 Å². The molecule has 5 heteroatoms. The molecule has 0 aliphatic rings. The predicted octanol–water partition coefficient (Wildman–Crippen LogP) is 5.41. The Kier molecular flexibility index (Phi) is 4.79. The zero-order chi connectivity index (χ0) is 20.8. The summed E-state index contributed by atoms with van der Waals surface area (Å²) < 4.78 is 27.9. The van der Waals surface area contributed by atoms with Crippen molar-refractivity contribution in [3.05, 3.63) is 72.1 Å². The zero-order valence-electron chi connectivity index (χ0n) is 17.1. The summed E-state index contributed by atoms with van der Waals surface area (Å²) in [7, 11) is -3.45. The summed E-state index contributed by atoms with van der Waals surface area (Å²) in [5.74, 6) is 0. The highest BCUT2D eigenvalue weighted by molar-refractivity contribution is 7.90. The average Bonchev–Trinajstić information content (AvgIpc) is 2.98. The third-order valence-corrected chi connectivity index (χ3v) is 6.63. The van der Waals surface area contributed by atoms with E-state index in [0.29, 0.717) is 4.90 Å². The monoisotopic (exact) mass is 404 g/mol. The lowest BCUT2D eigenvalue weighted by Crippen LogP contribution is -2.04. The number of benzene rings is 2. The molecule has 0 atom stereocenters. The van der Waals surface area contributed by atoms with Gasteiger partial charge in [-0.3, -0.25) is 4.98 Å². The van der Waals surface area contributed by atoms with Gasteiger partial charge in [-0.05, 0) is 50.6 Å². The maximum absolute atomic E-state index is 12.8. The molecule has 29 heavy (non-hydrogen) atoms. The first-order valence-electron chi connectivity index (χ1n) is 9.67. The number of aryl methyl sites for hydroxylation is 2. The maximum Gasteiger partial charge on any atom is 0.176 e. The molecule has 0 spiro atoms. The molecule has 4 aromatic rings. The maximum atomic E-state index is 12.8. The lowest BCUT2D eigenvalue weighted by Gasteiger charge is -2.17. The molecular weight excluding hydrogens is 380 g/mol. The molecule has 4 nitrogen and oxygen atoms in total. The van der Waals surface area contributed by atoms with E-state index in [0.717, 1.165) is 51.1 Å². The average molecular weight is 405 g/mol. The smallest absolute Gasteiger partial charge is 0.176 e. The highest BCUT2D eigenvalue weighted by atomic mass is 32.2. The Labute approximate surface area is 171 Å². The summed E-state index contributed by atoms with van der Waals surface area (Å²) >= 11 is 0. The van der Waals surface area contributed by atoms with Gasteiger partial charge in [0.2, 0.25) is 0 Å². The molecule has 4 rings (SSSR count). The summed E-state index contributed by atoms with van der Waals surface area (Å²) in [5.41, 5.74) is 6.52. The Bertz CT molecular complexity index is 1320. The molecule has 2 aromatic carbocycles. The third kappa shape index (κ3) is 3.15. The Morgan fingerprint density at radius 3 is 2.28 bits per heavy atom. The summed E-state index contributed by atoms with van der Waals surface area (Å²) in [4.78, 5) is 4.89. The van der Waals surface area contributed by atoms with Gasteiger partial charge in [0.05, 0.1) is 10.6 Å². The van der Waals surface area contributed by atoms with Gasteiger partial charge >= 0.3 is 0 Å². The van der Waals surface area contributed by atoms with Crippen LogP contribution in [0.15, 0.2) is 65.7 Å². The first-order chi connectivity index (χ1) is 13.8. The van der Waals surface area contributed by atoms with Crippen LogP contribution in [0.3, 0.4) is 0 Å². The molecule has 2 heterocycles. The van der Waals surface area contributed by atoms with Gasteiger partial charge in [-0.15, -0.1) is 0 Å². The van der Waals surface area contributed by atoms with Crippen molar-refractivity contribution in [1.82, 2.24) is 9.55 Å². The highest BCUT2D eigenvalue weighted by Crippen LogP contribution is 2.44. The fraction of sp³-hybridized carbons (Fsp3) is 0.208. The third-order valence-electron chi connectivity index (χ3n) is 5.49. The number of pyridine rings is 1. The molecule has 0 aliphatic carbocycles. The lowest BCUT2D eigenvalue weighted by molar-refractivity contribution is 0.602. The zero-order valence-corrected chi connectivity index (χ0v) is 17.9. The molecule has 0 aliphatic heterocycles. The number of aromatic nitrogens is 2. The van der Waals surface area contributed by atoms with Crippen LogP contribution < -0.4 is 0 Å². The van der Waals surface area contributed by atoms with Crippen molar-refractivity contribution in [2.24, 2.45) is 0 Å². The van der Waals surface area contributed by atoms with Gasteiger partial charge in [0.1, 0.15) is 0 Å². The Morgan fingerprint density at radius 1 is 0.897 bits per heavy atom. The van der Waals surface area contributed by atoms with Crippen LogP contribution >= 0.6 is 0 Å². The molecule has 0 unspecified atom stereocenters. The number of nitrogens with zero attached hydrogens (tertiary/aromatic N) is 2. The molecule has 148 valence electrons. The van der Waals surface area contributed by atoms with Crippen molar-refractivity contribution >= 4 is 20.7 Å². The van der Waals surface area contributed by atoms with Crippen LogP contribution in [0.1, 0.15) is 18.2 Å². The topological polar surface area (TPSA) is 52.0 Å². The van der Waals surface area contributed by atoms with Crippen LogP contribution in [-0.4, -0.2) is 24.2 Å². The largest absolute Gasteiger partial charge is 0.345 e. The standard InChI is InChI=1S/C24H24N2O2S/c1-5-26-17(3)23(18-10-6-7-12-20(18)26)24-21(29(4,27)28)14-13-16(2)22(24)19-11-8-9-15-25-19/h6-15H,5H2,1-4H3. The van der Waals surface area contributed by atoms with Crippen LogP contribution in [0, 0.1) is 13.8 Å². The summed E-state index contributed by atoms with van der Waals surface area (Å²) in [6.07, 6.45) is 3.02. The van der Waals surface area contributed by atoms with E-state index in [1.54, 1.807) is 12.3 Å². The van der Waals surface area contributed by atoms with Crippen molar-refractivity contribution < 1.29 is 8.42 Å². The van der Waals surface area contributed by atoms with Gasteiger partial charge in [0.15, 0.2) is 9.84 Å². The van der Waals surface area contributed by atoms with Crippen molar-refractivity contribution in [3.63, 3.8) is 0 Å². The summed E-state index contributed by atoms with van der Waals surface area (Å²) in [5, 5.41) is 1.06. The molecule has 0 fully saturated rings. The van der Waals surface area contributed by atoms with E-state index in [-0.39, 0.29) is 0 Å². The quantitative estimate of drug-likeness (QED) is 0.457. The first-order valence-corrected chi connectivity index (χ1v) is 11.6. The Balaban J connectivity index is 2.25. The van der Waals surface area contributed by atoms with Gasteiger partial charge in [-0.25, -0.2) is 8.42 Å². The molecule has 0 amide bonds. The number of fused-ring (bicyclic) bond motifs is 1. The van der Waals surface area contributed by atoms with E-state index in [1.165, 1.54) is 6.26 Å². The first kappa shape index (κ1) is 19.4. The number of para-hydroxylation sites is 1. The number of hydrogen-bond acceptors (Lipinski definition) is 3. The predicted molar refractivity (Wildman–Crippen MR) is 119 cm³/mol. The Morgan fingerprint density at radius 2 is 1.62 bits per heavy atom. The van der Waals surface area contributed by atoms with Crippen molar-refractivity contribution in [3.8, 4) is 22.4 Å². The number of rotatable bonds is 4. The van der Waals surface area contributed by atoms with Crippen LogP contribution in [0.25, 0.3) is 33.3 Å². The molecule has 2 aromatic heterocycles. The number of sulfone groups is 1. The normalized spacial score (nSPS) is 11.9. The van der Waals surface area contributed by atoms with Gasteiger partial charge in [0, 0.05) is 52.3 Å². The van der Waals surface area contributed by atoms with Crippen molar-refractivity contribution in [2.45, 2.75) is 32.2 Å². The molecule has 0 radical (unpaired) electrons. The summed E-state index contributed by atoms with van der Waals surface area (Å²) in [6.45, 7) is 6.99. The minimum Gasteiger partial charge on any atom is -0.345 e. The molecule has 0 saturated carbocycles. The fourth-order valence-electron chi connectivity index (χ4n) is 4.24. The van der Waals surface area contributed by atoms with E-state index in [2.05, 4.69) is 35.5 Å². The number of hydrogen-bond donors (Lipinski definition) is 0. The minimum absolute atomic E-state index is 0.339. The molecular formula is C24H24N2O2S.